The van der Waals surface area contributed by atoms with Crippen LogP contribution in [0.2, 0.25) is 0 Å². The van der Waals surface area contributed by atoms with Gasteiger partial charge in [-0.1, -0.05) is 18.2 Å². The highest BCUT2D eigenvalue weighted by atomic mass is 32.2. The van der Waals surface area contributed by atoms with Gasteiger partial charge in [0.2, 0.25) is 0 Å². The number of sulfonamides is 1. The van der Waals surface area contributed by atoms with Crippen LogP contribution in [0.1, 0.15) is 22.0 Å². The standard InChI is InChI=1S/C16H14F3NO6S/c1-26-15(23)11-8-9(6-7-13(11)21)27(24,25)20-12-5-3-2-4-10(12)14(22)16(17,18)19/h2-8,14,20-22H,1H3/t14-/m0/s1. The summed E-state index contributed by atoms with van der Waals surface area (Å²) in [6.45, 7) is 0. The van der Waals surface area contributed by atoms with E-state index < -0.39 is 55.7 Å². The number of aliphatic hydroxyl groups is 1. The van der Waals surface area contributed by atoms with E-state index in [1.165, 1.54) is 12.1 Å². The lowest BCUT2D eigenvalue weighted by molar-refractivity contribution is -0.206. The topological polar surface area (TPSA) is 113 Å². The van der Waals surface area contributed by atoms with Crippen LogP contribution in [0, 0.1) is 0 Å². The van der Waals surface area contributed by atoms with Crippen molar-refractivity contribution < 1.29 is 41.3 Å². The van der Waals surface area contributed by atoms with Gasteiger partial charge in [0.1, 0.15) is 11.3 Å². The highest BCUT2D eigenvalue weighted by Gasteiger charge is 2.40. The van der Waals surface area contributed by atoms with Gasteiger partial charge in [-0.15, -0.1) is 0 Å². The molecule has 0 unspecified atom stereocenters. The van der Waals surface area contributed by atoms with Crippen molar-refractivity contribution in [2.75, 3.05) is 11.8 Å². The lowest BCUT2D eigenvalue weighted by Crippen LogP contribution is -2.23. The van der Waals surface area contributed by atoms with Crippen molar-refractivity contribution in [3.63, 3.8) is 0 Å². The number of rotatable bonds is 5. The van der Waals surface area contributed by atoms with E-state index in [4.69, 9.17) is 0 Å². The number of phenolic OH excluding ortho intramolecular Hbond substituents is 1. The smallest absolute Gasteiger partial charge is 0.418 e. The molecule has 0 fully saturated rings. The summed E-state index contributed by atoms with van der Waals surface area (Å²) in [7, 11) is -3.42. The second-order valence-corrected chi connectivity index (χ2v) is 6.99. The first-order valence-electron chi connectivity index (χ1n) is 7.25. The molecule has 0 heterocycles. The zero-order chi connectivity index (χ0) is 20.4. The van der Waals surface area contributed by atoms with Gasteiger partial charge >= 0.3 is 12.1 Å². The van der Waals surface area contributed by atoms with E-state index in [1.54, 1.807) is 0 Å². The van der Waals surface area contributed by atoms with Crippen LogP contribution >= 0.6 is 0 Å². The summed E-state index contributed by atoms with van der Waals surface area (Å²) in [5, 5.41) is 19.1. The Labute approximate surface area is 152 Å². The Hall–Kier alpha value is -2.79. The van der Waals surface area contributed by atoms with Crippen molar-refractivity contribution in [1.29, 1.82) is 0 Å². The van der Waals surface area contributed by atoms with E-state index in [0.717, 1.165) is 37.4 Å². The van der Waals surface area contributed by atoms with Crippen LogP contribution in [0.15, 0.2) is 47.4 Å². The van der Waals surface area contributed by atoms with Crippen molar-refractivity contribution in [3.05, 3.63) is 53.6 Å². The molecule has 1 atom stereocenters. The van der Waals surface area contributed by atoms with Gasteiger partial charge in [0, 0.05) is 5.56 Å². The number of aliphatic hydroxyl groups excluding tert-OH is 1. The number of esters is 1. The number of alkyl halides is 3. The number of hydrogen-bond donors (Lipinski definition) is 3. The summed E-state index contributed by atoms with van der Waals surface area (Å²) in [4.78, 5) is 11.1. The minimum atomic E-state index is -5.00. The highest BCUT2D eigenvalue weighted by Crippen LogP contribution is 2.36. The summed E-state index contributed by atoms with van der Waals surface area (Å²) in [5.74, 6) is -1.54. The van der Waals surface area contributed by atoms with Crippen molar-refractivity contribution in [2.45, 2.75) is 17.2 Å². The third kappa shape index (κ3) is 4.49. The number of carbonyl (C=O) groups is 1. The summed E-state index contributed by atoms with van der Waals surface area (Å²) in [6, 6.07) is 7.14. The van der Waals surface area contributed by atoms with Crippen LogP contribution in [0.5, 0.6) is 5.75 Å². The van der Waals surface area contributed by atoms with Crippen LogP contribution in [-0.4, -0.2) is 37.9 Å². The van der Waals surface area contributed by atoms with E-state index in [-0.39, 0.29) is 0 Å². The minimum absolute atomic E-state index is 0.441. The molecule has 0 aliphatic rings. The zero-order valence-electron chi connectivity index (χ0n) is 13.7. The van der Waals surface area contributed by atoms with Gasteiger partial charge in [-0.25, -0.2) is 13.2 Å². The number of benzene rings is 2. The van der Waals surface area contributed by atoms with E-state index in [9.17, 15) is 36.6 Å². The van der Waals surface area contributed by atoms with Crippen molar-refractivity contribution in [2.24, 2.45) is 0 Å². The molecule has 0 saturated heterocycles. The molecule has 7 nitrogen and oxygen atoms in total. The zero-order valence-corrected chi connectivity index (χ0v) is 14.5. The van der Waals surface area contributed by atoms with Crippen LogP contribution in [0.3, 0.4) is 0 Å². The Balaban J connectivity index is 2.45. The SMILES string of the molecule is COC(=O)c1cc(S(=O)(=O)Nc2ccccc2[C@H](O)C(F)(F)F)ccc1O. The summed E-state index contributed by atoms with van der Waals surface area (Å²) in [5.41, 5.74) is -1.63. The molecule has 11 heteroatoms. The largest absolute Gasteiger partial charge is 0.507 e. The molecule has 0 aliphatic carbocycles. The van der Waals surface area contributed by atoms with E-state index in [0.29, 0.717) is 0 Å². The fourth-order valence-electron chi connectivity index (χ4n) is 2.16. The molecule has 0 aliphatic heterocycles. The maximum atomic E-state index is 12.8. The summed E-state index contributed by atoms with van der Waals surface area (Å²) < 4.78 is 69.7. The number of para-hydroxylation sites is 1. The number of phenols is 1. The van der Waals surface area contributed by atoms with Crippen LogP contribution in [-0.2, 0) is 14.8 Å². The number of hydrogen-bond acceptors (Lipinski definition) is 6. The molecule has 0 amide bonds. The second-order valence-electron chi connectivity index (χ2n) is 5.31. The van der Waals surface area contributed by atoms with Gasteiger partial charge in [-0.3, -0.25) is 4.72 Å². The Bertz CT molecular complexity index is 959. The number of nitrogens with one attached hydrogen (secondary N) is 1. The monoisotopic (exact) mass is 405 g/mol. The van der Waals surface area contributed by atoms with E-state index in [2.05, 4.69) is 4.74 Å². The first-order chi connectivity index (χ1) is 12.5. The fourth-order valence-corrected chi connectivity index (χ4v) is 3.28. The Kier molecular flexibility index (Phi) is 5.66. The molecule has 2 aromatic rings. The predicted octanol–water partition coefficient (Wildman–Crippen LogP) is 2.58. The van der Waals surface area contributed by atoms with Crippen molar-refractivity contribution in [3.8, 4) is 5.75 Å². The Morgan fingerprint density at radius 2 is 1.81 bits per heavy atom. The average Bonchev–Trinajstić information content (AvgIpc) is 2.60. The fraction of sp³-hybridized carbons (Fsp3) is 0.188. The number of methoxy groups -OCH3 is 1. The predicted molar refractivity (Wildman–Crippen MR) is 87.7 cm³/mol. The molecular weight excluding hydrogens is 391 g/mol. The summed E-state index contributed by atoms with van der Waals surface area (Å²) in [6.07, 6.45) is -7.90. The molecule has 0 aromatic heterocycles. The molecular formula is C16H14F3NO6S. The maximum Gasteiger partial charge on any atom is 0.418 e. The molecule has 146 valence electrons. The second kappa shape index (κ2) is 7.45. The van der Waals surface area contributed by atoms with Gasteiger partial charge in [0.15, 0.2) is 6.10 Å². The van der Waals surface area contributed by atoms with Crippen molar-refractivity contribution in [1.82, 2.24) is 0 Å². The van der Waals surface area contributed by atoms with Gasteiger partial charge in [0.05, 0.1) is 17.7 Å². The quantitative estimate of drug-likeness (QED) is 0.659. The maximum absolute atomic E-state index is 12.8. The number of carbonyl (C=O) groups excluding carboxylic acids is 1. The van der Waals surface area contributed by atoms with Gasteiger partial charge in [-0.05, 0) is 24.3 Å². The normalized spacial score (nSPS) is 13.1. The van der Waals surface area contributed by atoms with Crippen LogP contribution < -0.4 is 4.72 Å². The van der Waals surface area contributed by atoms with Gasteiger partial charge in [-0.2, -0.15) is 13.2 Å². The molecule has 0 spiro atoms. The Morgan fingerprint density at radius 3 is 2.41 bits per heavy atom. The Morgan fingerprint density at radius 1 is 1.19 bits per heavy atom. The van der Waals surface area contributed by atoms with Gasteiger partial charge in [0.25, 0.3) is 10.0 Å². The molecule has 0 radical (unpaired) electrons. The summed E-state index contributed by atoms with van der Waals surface area (Å²) >= 11 is 0. The van der Waals surface area contributed by atoms with E-state index in [1.807, 2.05) is 4.72 Å². The molecule has 2 aromatic carbocycles. The first-order valence-corrected chi connectivity index (χ1v) is 8.73. The third-order valence-corrected chi connectivity index (χ3v) is 4.86. The van der Waals surface area contributed by atoms with E-state index >= 15 is 0 Å². The number of anilines is 1. The van der Waals surface area contributed by atoms with Crippen molar-refractivity contribution >= 4 is 21.7 Å². The lowest BCUT2D eigenvalue weighted by Gasteiger charge is -2.19. The first kappa shape index (κ1) is 20.5. The molecule has 27 heavy (non-hydrogen) atoms. The molecule has 2 rings (SSSR count). The number of halogens is 3. The number of aromatic hydroxyl groups is 1. The average molecular weight is 405 g/mol. The molecule has 0 bridgehead atoms. The van der Waals surface area contributed by atoms with Crippen LogP contribution in [0.25, 0.3) is 0 Å². The van der Waals surface area contributed by atoms with Gasteiger partial charge < -0.3 is 14.9 Å². The molecule has 3 N–H and O–H groups in total. The lowest BCUT2D eigenvalue weighted by atomic mass is 10.1. The third-order valence-electron chi connectivity index (χ3n) is 3.49. The molecule has 0 saturated carbocycles. The highest BCUT2D eigenvalue weighted by molar-refractivity contribution is 7.92. The van der Waals surface area contributed by atoms with Crippen LogP contribution in [0.4, 0.5) is 18.9 Å². The number of ether oxygens (including phenoxy) is 1. The minimum Gasteiger partial charge on any atom is -0.507 e.